The van der Waals surface area contributed by atoms with Gasteiger partial charge in [0, 0.05) is 23.3 Å². The minimum Gasteiger partial charge on any atom is -0.477 e. The zero-order chi connectivity index (χ0) is 24.5. The molecule has 13 nitrogen and oxygen atoms in total. The molecule has 2 aliphatic heterocycles. The van der Waals surface area contributed by atoms with E-state index in [0.717, 1.165) is 17.6 Å². The molecule has 1 unspecified atom stereocenters. The van der Waals surface area contributed by atoms with Gasteiger partial charge in [0.05, 0.1) is 17.5 Å². The molecule has 6 N–H and O–H groups in total. The van der Waals surface area contributed by atoms with Crippen LogP contribution in [0.4, 0.5) is 5.13 Å². The second-order valence-electron chi connectivity index (χ2n) is 6.79. The van der Waals surface area contributed by atoms with Gasteiger partial charge in [-0.15, -0.1) is 21.5 Å². The average Bonchev–Trinajstić information content (AvgIpc) is 3.44. The van der Waals surface area contributed by atoms with Crippen LogP contribution in [0.25, 0.3) is 0 Å². The summed E-state index contributed by atoms with van der Waals surface area (Å²) in [5.41, 5.74) is 11.9. The summed E-state index contributed by atoms with van der Waals surface area (Å²) in [6.07, 6.45) is 1.04. The third-order valence-corrected chi connectivity index (χ3v) is 9.13. The minimum atomic E-state index is -1.44. The third-order valence-electron chi connectivity index (χ3n) is 4.79. The molecular formula is C17H18N8O5S4. The first-order valence-electron chi connectivity index (χ1n) is 9.51. The topological polar surface area (TPSA) is 199 Å². The van der Waals surface area contributed by atoms with Crippen molar-refractivity contribution in [3.63, 3.8) is 0 Å². The number of amides is 2. The smallest absolute Gasteiger partial charge is 0.352 e. The van der Waals surface area contributed by atoms with Gasteiger partial charge in [-0.3, -0.25) is 14.5 Å². The van der Waals surface area contributed by atoms with Gasteiger partial charge in [0.1, 0.15) is 24.0 Å². The number of aliphatic carboxylic acids is 1. The number of hydrogen-bond acceptors (Lipinski definition) is 14. The fraction of sp³-hybridized carbons (Fsp3) is 0.353. The predicted octanol–water partition coefficient (Wildman–Crippen LogP) is 0.373. The molecule has 0 aromatic carbocycles. The van der Waals surface area contributed by atoms with E-state index in [1.54, 1.807) is 5.38 Å². The van der Waals surface area contributed by atoms with E-state index < -0.39 is 22.1 Å². The number of thioether (sulfide) groups is 2. The molecule has 4 heterocycles. The minimum absolute atomic E-state index is 0.0590. The van der Waals surface area contributed by atoms with Crippen molar-refractivity contribution < 1.29 is 24.3 Å². The molecule has 0 aliphatic carbocycles. The highest BCUT2D eigenvalue weighted by molar-refractivity contribution is 8.02. The number of aromatic nitrogens is 3. The van der Waals surface area contributed by atoms with Crippen LogP contribution >= 0.6 is 46.2 Å². The Hall–Kier alpha value is -2.73. The lowest BCUT2D eigenvalue weighted by Crippen LogP contribution is -2.61. The van der Waals surface area contributed by atoms with Crippen LogP contribution in [0.5, 0.6) is 0 Å². The molecular weight excluding hydrogens is 525 g/mol. The van der Waals surface area contributed by atoms with Crippen LogP contribution in [0.15, 0.2) is 26.1 Å². The Kier molecular flexibility index (Phi) is 7.08. The summed E-state index contributed by atoms with van der Waals surface area (Å²) in [6.45, 7) is 0.220. The largest absolute Gasteiger partial charge is 0.477 e. The SMILES string of the molecule is CON=CC(=O)NC1(c2csc(N)n2)S[C@H]2CC(=O)N2C(C(=O)O)=C1CSc1nnc(CN)s1. The summed E-state index contributed by atoms with van der Waals surface area (Å²) in [7, 11) is 1.29. The standard InChI is InChI=1S/C17H18N8O5S4/c1-30-20-4-9(26)22-17(8-6-31-15(19)21-8)7(5-32-16-24-23-10(3-18)33-16)13(14(28)29)25-11(27)2-12(25)34-17/h4,6,12H,2-3,5,18H2,1H3,(H2,19,21)(H,22,26)(H,28,29)/t12-,17?/m0/s1. The normalized spacial score (nSPS) is 22.0. The number of rotatable bonds is 9. The van der Waals surface area contributed by atoms with E-state index in [-0.39, 0.29) is 41.0 Å². The van der Waals surface area contributed by atoms with Crippen LogP contribution in [-0.4, -0.2) is 67.4 Å². The Morgan fingerprint density at radius 1 is 1.50 bits per heavy atom. The highest BCUT2D eigenvalue weighted by Crippen LogP contribution is 2.55. The number of carbonyl (C=O) groups is 3. The lowest BCUT2D eigenvalue weighted by Gasteiger charge is -2.51. The molecule has 2 aromatic heterocycles. The van der Waals surface area contributed by atoms with Crippen molar-refractivity contribution in [2.75, 3.05) is 18.6 Å². The number of hydrogen-bond donors (Lipinski definition) is 4. The van der Waals surface area contributed by atoms with Gasteiger partial charge in [-0.1, -0.05) is 40.0 Å². The number of β-lactam (4-membered cyclic amide) rings is 1. The van der Waals surface area contributed by atoms with Crippen LogP contribution in [0.1, 0.15) is 17.1 Å². The Morgan fingerprint density at radius 2 is 2.29 bits per heavy atom. The maximum Gasteiger partial charge on any atom is 0.352 e. The van der Waals surface area contributed by atoms with Crippen molar-refractivity contribution in [3.05, 3.63) is 27.4 Å². The summed E-state index contributed by atoms with van der Waals surface area (Å²) >= 11 is 4.84. The van der Waals surface area contributed by atoms with Gasteiger partial charge in [0.25, 0.3) is 5.91 Å². The van der Waals surface area contributed by atoms with Gasteiger partial charge in [-0.05, 0) is 0 Å². The number of oxime groups is 1. The molecule has 2 aliphatic rings. The fourth-order valence-electron chi connectivity index (χ4n) is 3.39. The number of nitrogen functional groups attached to an aromatic ring is 1. The molecule has 2 atom stereocenters. The van der Waals surface area contributed by atoms with E-state index in [1.165, 1.54) is 46.9 Å². The van der Waals surface area contributed by atoms with E-state index in [2.05, 4.69) is 30.5 Å². The highest BCUT2D eigenvalue weighted by atomic mass is 32.2. The van der Waals surface area contributed by atoms with Crippen molar-refractivity contribution >= 4 is 75.3 Å². The second-order valence-corrected chi connectivity index (χ2v) is 11.4. The van der Waals surface area contributed by atoms with Crippen LogP contribution < -0.4 is 16.8 Å². The molecule has 180 valence electrons. The van der Waals surface area contributed by atoms with Gasteiger partial charge >= 0.3 is 5.97 Å². The van der Waals surface area contributed by atoms with Crippen molar-refractivity contribution in [1.82, 2.24) is 25.4 Å². The number of anilines is 1. The predicted molar refractivity (Wildman–Crippen MR) is 128 cm³/mol. The fourth-order valence-corrected chi connectivity index (χ4v) is 7.70. The average molecular weight is 543 g/mol. The monoisotopic (exact) mass is 542 g/mol. The first kappa shape index (κ1) is 24.4. The van der Waals surface area contributed by atoms with E-state index in [9.17, 15) is 19.5 Å². The summed E-state index contributed by atoms with van der Waals surface area (Å²) in [5.74, 6) is -2.21. The lowest BCUT2D eigenvalue weighted by atomic mass is 9.98. The summed E-state index contributed by atoms with van der Waals surface area (Å²) in [6, 6.07) is 0. The Bertz CT molecular complexity index is 1200. The van der Waals surface area contributed by atoms with Crippen molar-refractivity contribution in [1.29, 1.82) is 0 Å². The molecule has 0 bridgehead atoms. The van der Waals surface area contributed by atoms with Crippen LogP contribution in [-0.2, 0) is 30.6 Å². The summed E-state index contributed by atoms with van der Waals surface area (Å²) < 4.78 is 0.554. The van der Waals surface area contributed by atoms with Crippen LogP contribution in [0.3, 0.4) is 0 Å². The van der Waals surface area contributed by atoms with Crippen molar-refractivity contribution in [3.8, 4) is 0 Å². The molecule has 0 saturated carbocycles. The van der Waals surface area contributed by atoms with E-state index in [1.807, 2.05) is 0 Å². The third kappa shape index (κ3) is 4.48. The van der Waals surface area contributed by atoms with Gasteiger partial charge in [-0.25, -0.2) is 9.78 Å². The Labute approximate surface area is 209 Å². The first-order chi connectivity index (χ1) is 16.3. The van der Waals surface area contributed by atoms with Gasteiger partial charge in [-0.2, -0.15) is 0 Å². The molecule has 17 heteroatoms. The van der Waals surface area contributed by atoms with Crippen LogP contribution in [0.2, 0.25) is 0 Å². The van der Waals surface area contributed by atoms with Crippen LogP contribution in [0, 0.1) is 0 Å². The number of nitrogens with one attached hydrogen (secondary N) is 1. The van der Waals surface area contributed by atoms with E-state index in [0.29, 0.717) is 15.0 Å². The molecule has 0 spiro atoms. The molecule has 1 saturated heterocycles. The van der Waals surface area contributed by atoms with Gasteiger partial charge in [0.15, 0.2) is 14.3 Å². The van der Waals surface area contributed by atoms with E-state index in [4.69, 9.17) is 11.5 Å². The number of carboxylic acid groups (broad SMARTS) is 1. The number of nitrogens with two attached hydrogens (primary N) is 2. The van der Waals surface area contributed by atoms with E-state index >= 15 is 0 Å². The lowest BCUT2D eigenvalue weighted by molar-refractivity contribution is -0.146. The molecule has 4 rings (SSSR count). The quantitative estimate of drug-likeness (QED) is 0.147. The summed E-state index contributed by atoms with van der Waals surface area (Å²) in [5, 5.41) is 26.5. The maximum absolute atomic E-state index is 12.8. The molecule has 34 heavy (non-hydrogen) atoms. The number of thiazole rings is 1. The number of carboxylic acids is 1. The molecule has 0 radical (unpaired) electrons. The number of fused-ring (bicyclic) bond motifs is 1. The van der Waals surface area contributed by atoms with Gasteiger partial charge in [0.2, 0.25) is 5.91 Å². The molecule has 2 aromatic rings. The maximum atomic E-state index is 12.8. The first-order valence-corrected chi connectivity index (χ1v) is 13.1. The van der Waals surface area contributed by atoms with Gasteiger partial charge < -0.3 is 26.7 Å². The highest BCUT2D eigenvalue weighted by Gasteiger charge is 2.56. The Morgan fingerprint density at radius 3 is 2.88 bits per heavy atom. The number of nitrogens with zero attached hydrogens (tertiary/aromatic N) is 5. The molecule has 2 amide bonds. The Balaban J connectivity index is 1.85. The summed E-state index contributed by atoms with van der Waals surface area (Å²) in [4.78, 5) is 46.3. The van der Waals surface area contributed by atoms with Crippen molar-refractivity contribution in [2.24, 2.45) is 10.9 Å². The zero-order valence-electron chi connectivity index (χ0n) is 17.5. The van der Waals surface area contributed by atoms with Crippen molar-refractivity contribution in [2.45, 2.75) is 27.6 Å². The second kappa shape index (κ2) is 9.87. The zero-order valence-corrected chi connectivity index (χ0v) is 20.7. The number of carbonyl (C=O) groups excluding carboxylic acids is 2. The molecule has 1 fully saturated rings.